The zero-order valence-electron chi connectivity index (χ0n) is 2.38. The normalized spacial score (nSPS) is 0.667. The summed E-state index contributed by atoms with van der Waals surface area (Å²) in [7, 11) is 0. The molecular weight excluding hydrogens is 237 g/mol. The van der Waals surface area contributed by atoms with Crippen molar-refractivity contribution in [3.63, 3.8) is 0 Å². The third-order valence-electron chi connectivity index (χ3n) is 0. The van der Waals surface area contributed by atoms with Crippen LogP contribution in [0.15, 0.2) is 0 Å². The molecule has 2 radical (unpaired) electrons. The van der Waals surface area contributed by atoms with Crippen molar-refractivity contribution >= 4 is 6.79 Å². The molecule has 1 nitrogen and oxygen atoms in total. The van der Waals surface area contributed by atoms with Crippen molar-refractivity contribution in [3.05, 3.63) is 0 Å². The fourth-order valence-electron chi connectivity index (χ4n) is 0. The quantitative estimate of drug-likeness (QED) is 0.382. The third-order valence-corrected chi connectivity index (χ3v) is 0. The smallest absolute Gasteiger partial charge is 1.00 e. The number of carbonyl (C=O) groups excluding carboxylic acids is 1. The molecule has 0 heterocycles. The van der Waals surface area contributed by atoms with Crippen molar-refractivity contribution in [1.82, 2.24) is 0 Å². The van der Waals surface area contributed by atoms with E-state index in [0.29, 0.717) is 0 Å². The SMILES string of the molecule is [C]=O.[Cl-].[Cl-].[Cl-].[Rh+3]. The molecule has 0 amide bonds. The standard InChI is InChI=1S/CO.3ClH.Rh/c1-2;;;;/h;3*1H;/q;;;;+3/p-3. The van der Waals surface area contributed by atoms with Crippen LogP contribution in [0.25, 0.3) is 0 Å². The van der Waals surface area contributed by atoms with Gasteiger partial charge in [-0.15, -0.1) is 0 Å². The van der Waals surface area contributed by atoms with Gasteiger partial charge in [0.15, 0.2) is 0 Å². The minimum absolute atomic E-state index is 0. The largest absolute Gasteiger partial charge is 3.00 e. The second-order valence-electron chi connectivity index (χ2n) is 0. The van der Waals surface area contributed by atoms with Gasteiger partial charge in [0.05, 0.1) is 0 Å². The molecule has 0 atom stereocenters. The van der Waals surface area contributed by atoms with Crippen LogP contribution in [0.2, 0.25) is 0 Å². The van der Waals surface area contributed by atoms with Crippen molar-refractivity contribution in [2.24, 2.45) is 0 Å². The molecule has 0 saturated heterocycles. The number of halogens is 3. The Morgan fingerprint density at radius 1 is 0.833 bits per heavy atom. The Hall–Kier alpha value is 1.16. The van der Waals surface area contributed by atoms with E-state index in [9.17, 15) is 0 Å². The molecule has 0 aliphatic rings. The molecule has 0 aromatic heterocycles. The molecule has 0 N–H and O–H groups in total. The Kier molecular flexibility index (Phi) is 1180. The fourth-order valence-corrected chi connectivity index (χ4v) is 0. The summed E-state index contributed by atoms with van der Waals surface area (Å²) in [6.45, 7) is 4.50. The van der Waals surface area contributed by atoms with Crippen LogP contribution in [0.1, 0.15) is 0 Å². The van der Waals surface area contributed by atoms with Crippen molar-refractivity contribution in [2.75, 3.05) is 0 Å². The molecule has 0 aromatic carbocycles. The van der Waals surface area contributed by atoms with Crippen LogP contribution in [0.3, 0.4) is 0 Å². The van der Waals surface area contributed by atoms with Gasteiger partial charge in [0.2, 0.25) is 0 Å². The molecule has 0 saturated carbocycles. The summed E-state index contributed by atoms with van der Waals surface area (Å²) in [6.07, 6.45) is 0. The van der Waals surface area contributed by atoms with Gasteiger partial charge >= 0.3 is 19.5 Å². The predicted molar refractivity (Wildman–Crippen MR) is 5.69 cm³/mol. The van der Waals surface area contributed by atoms with Crippen LogP contribution >= 0.6 is 0 Å². The van der Waals surface area contributed by atoms with Crippen LogP contribution in [-0.4, -0.2) is 6.79 Å². The minimum atomic E-state index is 0. The molecule has 0 spiro atoms. The van der Waals surface area contributed by atoms with E-state index in [4.69, 9.17) is 4.79 Å². The van der Waals surface area contributed by atoms with Gasteiger partial charge in [-0.05, 0) is 0 Å². The van der Waals surface area contributed by atoms with Crippen LogP contribution in [-0.2, 0) is 24.3 Å². The average Bonchev–Trinajstić information content (AvgIpc) is 1.00. The molecule has 0 aliphatic heterocycles. The van der Waals surface area contributed by atoms with Gasteiger partial charge in [-0.2, -0.15) is 0 Å². The van der Waals surface area contributed by atoms with E-state index in [0.717, 1.165) is 0 Å². The molecule has 5 heteroatoms. The van der Waals surface area contributed by atoms with Gasteiger partial charge in [-0.3, -0.25) is 4.79 Å². The summed E-state index contributed by atoms with van der Waals surface area (Å²) in [5.41, 5.74) is 0. The Labute approximate surface area is 68.2 Å². The van der Waals surface area contributed by atoms with Crippen molar-refractivity contribution < 1.29 is 61.5 Å². The van der Waals surface area contributed by atoms with Gasteiger partial charge in [-0.25, -0.2) is 0 Å². The van der Waals surface area contributed by atoms with Gasteiger partial charge in [0.1, 0.15) is 0 Å². The minimum Gasteiger partial charge on any atom is -1.00 e. The van der Waals surface area contributed by atoms with Gasteiger partial charge in [-0.1, -0.05) is 0 Å². The molecule has 6 heavy (non-hydrogen) atoms. The maximum Gasteiger partial charge on any atom is 3.00 e. The van der Waals surface area contributed by atoms with E-state index in [-0.39, 0.29) is 56.7 Å². The first-order valence-corrected chi connectivity index (χ1v) is 0.204. The number of hydrogen-bond acceptors (Lipinski definition) is 1. The van der Waals surface area contributed by atoms with Gasteiger partial charge < -0.3 is 37.2 Å². The van der Waals surface area contributed by atoms with Gasteiger partial charge in [0, 0.05) is 0 Å². The molecule has 0 aromatic rings. The molecular formula is CCl3ORh. The van der Waals surface area contributed by atoms with E-state index >= 15 is 0 Å². The summed E-state index contributed by atoms with van der Waals surface area (Å²) in [6, 6.07) is 0. The Bertz CT molecular complexity index is 10.8. The molecule has 0 unspecified atom stereocenters. The van der Waals surface area contributed by atoms with Crippen molar-refractivity contribution in [3.8, 4) is 0 Å². The maximum absolute atomic E-state index is 7.50. The number of hydrogen-bond donors (Lipinski definition) is 0. The first-order valence-electron chi connectivity index (χ1n) is 0.204. The van der Waals surface area contributed by atoms with E-state index in [2.05, 4.69) is 6.79 Å². The second kappa shape index (κ2) is 121. The molecule has 0 bridgehead atoms. The first-order chi connectivity index (χ1) is 1.00. The van der Waals surface area contributed by atoms with Crippen LogP contribution < -0.4 is 37.2 Å². The summed E-state index contributed by atoms with van der Waals surface area (Å²) >= 11 is 0. The average molecular weight is 237 g/mol. The zero-order valence-corrected chi connectivity index (χ0v) is 6.28. The predicted octanol–water partition coefficient (Wildman–Crippen LogP) is -9.39. The van der Waals surface area contributed by atoms with E-state index in [1.165, 1.54) is 0 Å². The fraction of sp³-hybridized carbons (Fsp3) is 0. The topological polar surface area (TPSA) is 17.1 Å². The Morgan fingerprint density at radius 2 is 0.833 bits per heavy atom. The van der Waals surface area contributed by atoms with Crippen molar-refractivity contribution in [1.29, 1.82) is 0 Å². The Balaban J connectivity index is -0.000000000833. The first kappa shape index (κ1) is 58.1. The monoisotopic (exact) mass is 236 g/mol. The summed E-state index contributed by atoms with van der Waals surface area (Å²) in [4.78, 5) is 7.50. The second-order valence-corrected chi connectivity index (χ2v) is 0. The molecule has 0 fully saturated rings. The van der Waals surface area contributed by atoms with Crippen LogP contribution in [0.5, 0.6) is 0 Å². The molecule has 0 aliphatic carbocycles. The van der Waals surface area contributed by atoms with E-state index in [1.54, 1.807) is 0 Å². The molecule has 0 rings (SSSR count). The third kappa shape index (κ3) is 66.1. The van der Waals surface area contributed by atoms with Gasteiger partial charge in [0.25, 0.3) is 6.79 Å². The maximum atomic E-state index is 7.50. The number of rotatable bonds is 0. The Morgan fingerprint density at radius 3 is 0.833 bits per heavy atom. The van der Waals surface area contributed by atoms with Crippen LogP contribution in [0.4, 0.5) is 0 Å². The summed E-state index contributed by atoms with van der Waals surface area (Å²) in [5, 5.41) is 0. The van der Waals surface area contributed by atoms with Crippen molar-refractivity contribution in [2.45, 2.75) is 0 Å². The van der Waals surface area contributed by atoms with E-state index < -0.39 is 0 Å². The van der Waals surface area contributed by atoms with Crippen LogP contribution in [0, 0.1) is 0 Å². The zero-order chi connectivity index (χ0) is 2.00. The molecule has 40 valence electrons. The summed E-state index contributed by atoms with van der Waals surface area (Å²) < 4.78 is 0. The van der Waals surface area contributed by atoms with E-state index in [1.807, 2.05) is 0 Å². The summed E-state index contributed by atoms with van der Waals surface area (Å²) in [5.74, 6) is 0.